The molecule has 1 aliphatic carbocycles. The number of aryl methyl sites for hydroxylation is 1. The number of anilines is 2. The first-order valence-electron chi connectivity index (χ1n) is 6.15. The molecule has 5 heteroatoms. The van der Waals surface area contributed by atoms with Gasteiger partial charge in [0.15, 0.2) is 0 Å². The molecule has 1 saturated carbocycles. The number of hydrogen-bond donors (Lipinski definition) is 3. The summed E-state index contributed by atoms with van der Waals surface area (Å²) in [6.07, 6.45) is 2.01. The molecule has 0 aliphatic heterocycles. The molecule has 4 nitrogen and oxygen atoms in total. The lowest BCUT2D eigenvalue weighted by Crippen LogP contribution is -2.29. The Kier molecular flexibility index (Phi) is 3.69. The van der Waals surface area contributed by atoms with Crippen molar-refractivity contribution in [1.29, 1.82) is 0 Å². The molecule has 4 N–H and O–H groups in total. The summed E-state index contributed by atoms with van der Waals surface area (Å²) in [6, 6.07) is 2.98. The van der Waals surface area contributed by atoms with Crippen LogP contribution in [-0.2, 0) is 4.79 Å². The van der Waals surface area contributed by atoms with Crippen molar-refractivity contribution in [2.75, 3.05) is 24.1 Å². The maximum Gasteiger partial charge on any atom is 0.223 e. The highest BCUT2D eigenvalue weighted by Gasteiger charge is 2.28. The summed E-state index contributed by atoms with van der Waals surface area (Å²) < 4.78 is 13.2. The summed E-state index contributed by atoms with van der Waals surface area (Å²) in [6.45, 7) is 2.81. The van der Waals surface area contributed by atoms with Crippen molar-refractivity contribution >= 4 is 17.3 Å². The number of amides is 1. The predicted molar refractivity (Wildman–Crippen MR) is 69.8 cm³/mol. The number of nitrogens with two attached hydrogens (primary N) is 1. The van der Waals surface area contributed by atoms with Crippen molar-refractivity contribution < 1.29 is 9.18 Å². The molecule has 0 unspecified atom stereocenters. The summed E-state index contributed by atoms with van der Waals surface area (Å²) in [5, 5.41) is 5.93. The van der Waals surface area contributed by atoms with Crippen molar-refractivity contribution in [3.05, 3.63) is 23.5 Å². The van der Waals surface area contributed by atoms with Crippen LogP contribution in [0.5, 0.6) is 0 Å². The molecule has 2 rings (SSSR count). The maximum atomic E-state index is 13.2. The van der Waals surface area contributed by atoms with E-state index in [1.807, 2.05) is 0 Å². The van der Waals surface area contributed by atoms with E-state index < -0.39 is 0 Å². The molecule has 1 aliphatic rings. The summed E-state index contributed by atoms with van der Waals surface area (Å²) >= 11 is 0. The van der Waals surface area contributed by atoms with Crippen LogP contribution < -0.4 is 16.4 Å². The Labute approximate surface area is 106 Å². The number of benzene rings is 1. The van der Waals surface area contributed by atoms with E-state index in [0.717, 1.165) is 12.8 Å². The smallest absolute Gasteiger partial charge is 0.223 e. The molecular weight excluding hydrogens is 233 g/mol. The average molecular weight is 251 g/mol. The van der Waals surface area contributed by atoms with E-state index in [0.29, 0.717) is 30.0 Å². The zero-order chi connectivity index (χ0) is 13.1. The quantitative estimate of drug-likeness (QED) is 0.550. The Hall–Kier alpha value is -1.78. The predicted octanol–water partition coefficient (Wildman–Crippen LogP) is 1.65. The lowest BCUT2D eigenvalue weighted by molar-refractivity contribution is -0.122. The molecule has 98 valence electrons. The third-order valence-electron chi connectivity index (χ3n) is 3.02. The molecule has 0 spiro atoms. The molecule has 18 heavy (non-hydrogen) atoms. The Morgan fingerprint density at radius 3 is 2.83 bits per heavy atom. The standard InChI is InChI=1S/C13H18FN3O/c1-8-6-12(11(15)7-10(8)14)16-4-5-17-13(18)9-2-3-9/h6-7,9,16H,2-5,15H2,1H3,(H,17,18). The van der Waals surface area contributed by atoms with Gasteiger partial charge in [0.05, 0.1) is 11.4 Å². The molecule has 0 aromatic heterocycles. The van der Waals surface area contributed by atoms with Crippen LogP contribution in [0.25, 0.3) is 0 Å². The fourth-order valence-corrected chi connectivity index (χ4v) is 1.72. The Bertz CT molecular complexity index is 458. The number of hydrogen-bond acceptors (Lipinski definition) is 3. The number of nitrogen functional groups attached to an aromatic ring is 1. The van der Waals surface area contributed by atoms with Crippen molar-refractivity contribution in [3.63, 3.8) is 0 Å². The number of halogens is 1. The highest BCUT2D eigenvalue weighted by atomic mass is 19.1. The number of carbonyl (C=O) groups is 1. The van der Waals surface area contributed by atoms with E-state index in [1.54, 1.807) is 13.0 Å². The highest BCUT2D eigenvalue weighted by molar-refractivity contribution is 5.80. The van der Waals surface area contributed by atoms with Gasteiger partial charge in [-0.15, -0.1) is 0 Å². The minimum absolute atomic E-state index is 0.125. The monoisotopic (exact) mass is 251 g/mol. The Morgan fingerprint density at radius 1 is 1.44 bits per heavy atom. The van der Waals surface area contributed by atoms with Crippen molar-refractivity contribution in [3.8, 4) is 0 Å². The van der Waals surface area contributed by atoms with Crippen LogP contribution in [-0.4, -0.2) is 19.0 Å². The van der Waals surface area contributed by atoms with Gasteiger partial charge in [-0.05, 0) is 37.5 Å². The summed E-state index contributed by atoms with van der Waals surface area (Å²) in [5.74, 6) is 0.0447. The zero-order valence-corrected chi connectivity index (χ0v) is 10.4. The van der Waals surface area contributed by atoms with Crippen LogP contribution in [0.2, 0.25) is 0 Å². The normalized spacial score (nSPS) is 14.3. The van der Waals surface area contributed by atoms with E-state index in [-0.39, 0.29) is 17.6 Å². The first-order chi connectivity index (χ1) is 8.58. The van der Waals surface area contributed by atoms with E-state index in [9.17, 15) is 9.18 Å². The van der Waals surface area contributed by atoms with Gasteiger partial charge >= 0.3 is 0 Å². The molecule has 1 aromatic carbocycles. The fourth-order valence-electron chi connectivity index (χ4n) is 1.72. The van der Waals surface area contributed by atoms with Gasteiger partial charge in [-0.3, -0.25) is 4.79 Å². The molecule has 0 saturated heterocycles. The number of carbonyl (C=O) groups excluding carboxylic acids is 1. The van der Waals surface area contributed by atoms with Gasteiger partial charge in [-0.2, -0.15) is 0 Å². The van der Waals surface area contributed by atoms with Crippen LogP contribution in [0.4, 0.5) is 15.8 Å². The maximum absolute atomic E-state index is 13.2. The summed E-state index contributed by atoms with van der Waals surface area (Å²) in [5.41, 5.74) is 7.33. The molecule has 0 bridgehead atoms. The summed E-state index contributed by atoms with van der Waals surface area (Å²) in [4.78, 5) is 11.4. The second kappa shape index (κ2) is 5.25. The minimum Gasteiger partial charge on any atom is -0.397 e. The van der Waals surface area contributed by atoms with Gasteiger partial charge in [-0.25, -0.2) is 4.39 Å². The summed E-state index contributed by atoms with van der Waals surface area (Å²) in [7, 11) is 0. The van der Waals surface area contributed by atoms with Gasteiger partial charge in [0.2, 0.25) is 5.91 Å². The molecule has 1 amide bonds. The first-order valence-corrected chi connectivity index (χ1v) is 6.15. The molecule has 0 atom stereocenters. The lowest BCUT2D eigenvalue weighted by atomic mass is 10.2. The molecule has 0 heterocycles. The molecular formula is C13H18FN3O. The topological polar surface area (TPSA) is 67.1 Å². The first kappa shape index (κ1) is 12.7. The van der Waals surface area contributed by atoms with Crippen LogP contribution >= 0.6 is 0 Å². The van der Waals surface area contributed by atoms with E-state index >= 15 is 0 Å². The van der Waals surface area contributed by atoms with Gasteiger partial charge < -0.3 is 16.4 Å². The second-order valence-corrected chi connectivity index (χ2v) is 4.68. The van der Waals surface area contributed by atoms with Crippen LogP contribution in [0.15, 0.2) is 12.1 Å². The fraction of sp³-hybridized carbons (Fsp3) is 0.462. The second-order valence-electron chi connectivity index (χ2n) is 4.68. The molecule has 0 radical (unpaired) electrons. The van der Waals surface area contributed by atoms with Gasteiger partial charge in [0.25, 0.3) is 0 Å². The van der Waals surface area contributed by atoms with E-state index in [4.69, 9.17) is 5.73 Å². The van der Waals surface area contributed by atoms with Crippen LogP contribution in [0.3, 0.4) is 0 Å². The van der Waals surface area contributed by atoms with E-state index in [1.165, 1.54) is 6.07 Å². The van der Waals surface area contributed by atoms with Crippen LogP contribution in [0.1, 0.15) is 18.4 Å². The Balaban J connectivity index is 1.79. The minimum atomic E-state index is -0.305. The van der Waals surface area contributed by atoms with Gasteiger partial charge in [0, 0.05) is 19.0 Å². The van der Waals surface area contributed by atoms with Gasteiger partial charge in [-0.1, -0.05) is 0 Å². The third kappa shape index (κ3) is 3.12. The molecule has 1 fully saturated rings. The van der Waals surface area contributed by atoms with Crippen LogP contribution in [0, 0.1) is 18.7 Å². The lowest BCUT2D eigenvalue weighted by Gasteiger charge is -2.11. The highest BCUT2D eigenvalue weighted by Crippen LogP contribution is 2.28. The SMILES string of the molecule is Cc1cc(NCCNC(=O)C2CC2)c(N)cc1F. The third-order valence-corrected chi connectivity index (χ3v) is 3.02. The van der Waals surface area contributed by atoms with Crippen molar-refractivity contribution in [2.24, 2.45) is 5.92 Å². The zero-order valence-electron chi connectivity index (χ0n) is 10.4. The van der Waals surface area contributed by atoms with Crippen molar-refractivity contribution in [2.45, 2.75) is 19.8 Å². The average Bonchev–Trinajstić information content (AvgIpc) is 3.14. The largest absolute Gasteiger partial charge is 0.397 e. The van der Waals surface area contributed by atoms with Gasteiger partial charge in [0.1, 0.15) is 5.82 Å². The Morgan fingerprint density at radius 2 is 2.17 bits per heavy atom. The number of nitrogens with one attached hydrogen (secondary N) is 2. The van der Waals surface area contributed by atoms with Crippen molar-refractivity contribution in [1.82, 2.24) is 5.32 Å². The molecule has 1 aromatic rings. The number of rotatable bonds is 5. The van der Waals surface area contributed by atoms with E-state index in [2.05, 4.69) is 10.6 Å².